The number of methoxy groups -OCH3 is 1. The number of hydrogen-bond donors (Lipinski definition) is 1. The molecule has 9 heteroatoms. The predicted octanol–water partition coefficient (Wildman–Crippen LogP) is 2.50. The number of pyridine rings is 1. The van der Waals surface area contributed by atoms with Crippen molar-refractivity contribution < 1.29 is 14.3 Å². The molecule has 9 nitrogen and oxygen atoms in total. The molecule has 2 aromatic heterocycles. The van der Waals surface area contributed by atoms with Crippen molar-refractivity contribution in [2.24, 2.45) is 0 Å². The van der Waals surface area contributed by atoms with Crippen LogP contribution in [0.25, 0.3) is 0 Å². The first-order chi connectivity index (χ1) is 15.9. The van der Waals surface area contributed by atoms with Gasteiger partial charge in [-0.05, 0) is 38.1 Å². The monoisotopic (exact) mass is 448 g/mol. The number of carbonyl (C=O) groups is 2. The van der Waals surface area contributed by atoms with Gasteiger partial charge < -0.3 is 19.9 Å². The number of aromatic nitrogens is 3. The Kier molecular flexibility index (Phi) is 6.58. The van der Waals surface area contributed by atoms with Crippen molar-refractivity contribution >= 4 is 23.2 Å². The third-order valence-corrected chi connectivity index (χ3v) is 5.71. The van der Waals surface area contributed by atoms with E-state index in [0.29, 0.717) is 43.3 Å². The lowest BCUT2D eigenvalue weighted by atomic mass is 10.1. The lowest BCUT2D eigenvalue weighted by Gasteiger charge is -2.37. The maximum Gasteiger partial charge on any atom is 0.257 e. The highest BCUT2D eigenvalue weighted by atomic mass is 16.5. The van der Waals surface area contributed by atoms with Crippen molar-refractivity contribution in [3.05, 3.63) is 65.6 Å². The van der Waals surface area contributed by atoms with Crippen LogP contribution < -0.4 is 15.0 Å². The largest absolute Gasteiger partial charge is 0.481 e. The highest BCUT2D eigenvalue weighted by Crippen LogP contribution is 2.23. The molecular formula is C24H28N6O3. The Balaban J connectivity index is 1.39. The smallest absolute Gasteiger partial charge is 0.257 e. The molecule has 1 aromatic carbocycles. The fourth-order valence-electron chi connectivity index (χ4n) is 3.97. The van der Waals surface area contributed by atoms with E-state index < -0.39 is 0 Å². The van der Waals surface area contributed by atoms with Gasteiger partial charge in [-0.3, -0.25) is 14.3 Å². The Morgan fingerprint density at radius 1 is 1.06 bits per heavy atom. The summed E-state index contributed by atoms with van der Waals surface area (Å²) in [5.41, 5.74) is 3.91. The second-order valence-electron chi connectivity index (χ2n) is 8.01. The third kappa shape index (κ3) is 5.14. The standard InChI is InChI=1S/C24H28N6O3/c1-17-14-18(2)30(27-17)16-23(31)29-12-10-28(11-13-29)21-7-5-4-6-20(21)24(32)26-19-8-9-22(33-3)25-15-19/h4-9,14-15H,10-13,16H2,1-3H3,(H,26,32). The van der Waals surface area contributed by atoms with Crippen LogP contribution in [-0.2, 0) is 11.3 Å². The number of aryl methyl sites for hydroxylation is 2. The lowest BCUT2D eigenvalue weighted by Crippen LogP contribution is -2.50. The summed E-state index contributed by atoms with van der Waals surface area (Å²) in [6.45, 7) is 6.61. The Morgan fingerprint density at radius 2 is 1.82 bits per heavy atom. The fourth-order valence-corrected chi connectivity index (χ4v) is 3.97. The van der Waals surface area contributed by atoms with Gasteiger partial charge in [0.05, 0.1) is 30.3 Å². The van der Waals surface area contributed by atoms with E-state index in [2.05, 4.69) is 20.3 Å². The van der Waals surface area contributed by atoms with Crippen molar-refractivity contribution in [1.29, 1.82) is 0 Å². The molecular weight excluding hydrogens is 420 g/mol. The molecule has 172 valence electrons. The summed E-state index contributed by atoms with van der Waals surface area (Å²) in [5, 5.41) is 7.28. The normalized spacial score (nSPS) is 13.7. The molecule has 1 aliphatic rings. The second kappa shape index (κ2) is 9.72. The van der Waals surface area contributed by atoms with Crippen LogP contribution >= 0.6 is 0 Å². The minimum absolute atomic E-state index is 0.0545. The molecule has 3 heterocycles. The number of ether oxygens (including phenoxy) is 1. The molecule has 0 aliphatic carbocycles. The Morgan fingerprint density at radius 3 is 2.45 bits per heavy atom. The summed E-state index contributed by atoms with van der Waals surface area (Å²) in [6.07, 6.45) is 1.56. The number of hydrogen-bond acceptors (Lipinski definition) is 6. The van der Waals surface area contributed by atoms with Crippen LogP contribution in [-0.4, -0.2) is 64.8 Å². The van der Waals surface area contributed by atoms with Gasteiger partial charge in [0.25, 0.3) is 5.91 Å². The molecule has 1 fully saturated rings. The van der Waals surface area contributed by atoms with E-state index in [-0.39, 0.29) is 18.4 Å². The number of carbonyl (C=O) groups excluding carboxylic acids is 2. The van der Waals surface area contributed by atoms with E-state index in [0.717, 1.165) is 17.1 Å². The molecule has 1 saturated heterocycles. The van der Waals surface area contributed by atoms with E-state index in [9.17, 15) is 9.59 Å². The van der Waals surface area contributed by atoms with E-state index in [4.69, 9.17) is 4.74 Å². The van der Waals surface area contributed by atoms with Gasteiger partial charge in [-0.25, -0.2) is 4.98 Å². The van der Waals surface area contributed by atoms with Crippen molar-refractivity contribution in [3.63, 3.8) is 0 Å². The summed E-state index contributed by atoms with van der Waals surface area (Å²) in [6, 6.07) is 12.9. The minimum Gasteiger partial charge on any atom is -0.481 e. The maximum absolute atomic E-state index is 13.0. The number of benzene rings is 1. The topological polar surface area (TPSA) is 92.6 Å². The fraction of sp³-hybridized carbons (Fsp3) is 0.333. The molecule has 4 rings (SSSR count). The molecule has 0 saturated carbocycles. The molecule has 0 atom stereocenters. The van der Waals surface area contributed by atoms with Gasteiger partial charge >= 0.3 is 0 Å². The second-order valence-corrected chi connectivity index (χ2v) is 8.01. The Hall–Kier alpha value is -3.88. The average molecular weight is 449 g/mol. The zero-order chi connectivity index (χ0) is 23.4. The molecule has 2 amide bonds. The van der Waals surface area contributed by atoms with Crippen LogP contribution in [0, 0.1) is 13.8 Å². The van der Waals surface area contributed by atoms with Crippen LogP contribution in [0.1, 0.15) is 21.7 Å². The lowest BCUT2D eigenvalue weighted by molar-refractivity contribution is -0.132. The van der Waals surface area contributed by atoms with Gasteiger partial charge in [0.1, 0.15) is 6.54 Å². The van der Waals surface area contributed by atoms with Crippen LogP contribution in [0.2, 0.25) is 0 Å². The zero-order valence-electron chi connectivity index (χ0n) is 19.1. The predicted molar refractivity (Wildman–Crippen MR) is 126 cm³/mol. The number of amides is 2. The zero-order valence-corrected chi connectivity index (χ0v) is 19.1. The number of nitrogens with one attached hydrogen (secondary N) is 1. The molecule has 0 radical (unpaired) electrons. The quantitative estimate of drug-likeness (QED) is 0.623. The van der Waals surface area contributed by atoms with Crippen molar-refractivity contribution in [1.82, 2.24) is 19.7 Å². The molecule has 0 spiro atoms. The Labute approximate surface area is 193 Å². The van der Waals surface area contributed by atoms with Crippen LogP contribution in [0.15, 0.2) is 48.7 Å². The summed E-state index contributed by atoms with van der Waals surface area (Å²) in [7, 11) is 1.55. The van der Waals surface area contributed by atoms with Gasteiger partial charge in [0.2, 0.25) is 11.8 Å². The van der Waals surface area contributed by atoms with Crippen LogP contribution in [0.3, 0.4) is 0 Å². The number of anilines is 2. The van der Waals surface area contributed by atoms with Gasteiger partial charge in [-0.2, -0.15) is 5.10 Å². The molecule has 3 aromatic rings. The first-order valence-corrected chi connectivity index (χ1v) is 10.9. The Bertz CT molecular complexity index is 1130. The highest BCUT2D eigenvalue weighted by Gasteiger charge is 2.24. The molecule has 33 heavy (non-hydrogen) atoms. The van der Waals surface area contributed by atoms with Gasteiger partial charge in [0, 0.05) is 43.6 Å². The summed E-state index contributed by atoms with van der Waals surface area (Å²) in [4.78, 5) is 33.9. The summed E-state index contributed by atoms with van der Waals surface area (Å²) in [5.74, 6) is 0.332. The first kappa shape index (κ1) is 22.3. The summed E-state index contributed by atoms with van der Waals surface area (Å²) >= 11 is 0. The maximum atomic E-state index is 13.0. The molecule has 0 unspecified atom stereocenters. The number of rotatable bonds is 6. The first-order valence-electron chi connectivity index (χ1n) is 10.9. The SMILES string of the molecule is COc1ccc(NC(=O)c2ccccc2N2CCN(C(=O)Cn3nc(C)cc3C)CC2)cn1. The van der Waals surface area contributed by atoms with Crippen molar-refractivity contribution in [2.45, 2.75) is 20.4 Å². The number of para-hydroxylation sites is 1. The van der Waals surface area contributed by atoms with Crippen molar-refractivity contribution in [2.75, 3.05) is 43.5 Å². The van der Waals surface area contributed by atoms with Crippen LogP contribution in [0.5, 0.6) is 5.88 Å². The van der Waals surface area contributed by atoms with Gasteiger partial charge in [0.15, 0.2) is 0 Å². The van der Waals surface area contributed by atoms with E-state index in [1.165, 1.54) is 0 Å². The molecule has 1 aliphatic heterocycles. The van der Waals surface area contributed by atoms with Crippen molar-refractivity contribution in [3.8, 4) is 5.88 Å². The van der Waals surface area contributed by atoms with Gasteiger partial charge in [-0.15, -0.1) is 0 Å². The number of piperazine rings is 1. The minimum atomic E-state index is -0.208. The molecule has 1 N–H and O–H groups in total. The van der Waals surface area contributed by atoms with E-state index in [1.54, 1.807) is 30.1 Å². The van der Waals surface area contributed by atoms with Crippen LogP contribution in [0.4, 0.5) is 11.4 Å². The summed E-state index contributed by atoms with van der Waals surface area (Å²) < 4.78 is 6.81. The third-order valence-electron chi connectivity index (χ3n) is 5.71. The highest BCUT2D eigenvalue weighted by molar-refractivity contribution is 6.08. The number of nitrogens with zero attached hydrogens (tertiary/aromatic N) is 5. The molecule has 0 bridgehead atoms. The average Bonchev–Trinajstić information content (AvgIpc) is 3.15. The van der Waals surface area contributed by atoms with E-state index in [1.807, 2.05) is 49.1 Å². The van der Waals surface area contributed by atoms with E-state index >= 15 is 0 Å². The van der Waals surface area contributed by atoms with Gasteiger partial charge in [-0.1, -0.05) is 12.1 Å².